The third-order valence-electron chi connectivity index (χ3n) is 6.90. The van der Waals surface area contributed by atoms with Gasteiger partial charge in [-0.05, 0) is 42.1 Å². The summed E-state index contributed by atoms with van der Waals surface area (Å²) in [6.45, 7) is 11.9. The minimum Gasteiger partial charge on any atom is -0.334 e. The molecule has 2 aromatic rings. The van der Waals surface area contributed by atoms with E-state index < -0.39 is 0 Å². The zero-order valence-electron chi connectivity index (χ0n) is 20.7. The molecule has 5 heteroatoms. The Morgan fingerprint density at radius 1 is 1.16 bits per heavy atom. The number of carbonyl (C=O) groups excluding carboxylic acids is 1. The molecule has 3 rings (SSSR count). The Morgan fingerprint density at radius 3 is 2.47 bits per heavy atom. The van der Waals surface area contributed by atoms with Crippen molar-refractivity contribution in [3.8, 4) is 0 Å². The fourth-order valence-corrected chi connectivity index (χ4v) is 5.36. The molecule has 1 saturated carbocycles. The highest BCUT2D eigenvalue weighted by Gasteiger charge is 2.43. The van der Waals surface area contributed by atoms with Crippen LogP contribution in [0.25, 0.3) is 0 Å². The number of anilines is 1. The monoisotopic (exact) mass is 438 g/mol. The van der Waals surface area contributed by atoms with E-state index in [-0.39, 0.29) is 22.9 Å². The van der Waals surface area contributed by atoms with Gasteiger partial charge in [-0.25, -0.2) is 4.79 Å². The lowest BCUT2D eigenvalue weighted by Crippen LogP contribution is -2.53. The third kappa shape index (κ3) is 6.36. The van der Waals surface area contributed by atoms with Gasteiger partial charge in [0.1, 0.15) is 0 Å². The third-order valence-corrected chi connectivity index (χ3v) is 6.90. The van der Waals surface area contributed by atoms with Gasteiger partial charge in [-0.2, -0.15) is 5.10 Å². The van der Waals surface area contributed by atoms with E-state index in [1.807, 2.05) is 16.8 Å². The van der Waals surface area contributed by atoms with Gasteiger partial charge in [0.2, 0.25) is 0 Å². The predicted molar refractivity (Wildman–Crippen MR) is 133 cm³/mol. The van der Waals surface area contributed by atoms with E-state index in [4.69, 9.17) is 5.10 Å². The van der Waals surface area contributed by atoms with Crippen LogP contribution in [0.5, 0.6) is 0 Å². The molecule has 0 radical (unpaired) electrons. The average Bonchev–Trinajstić information content (AvgIpc) is 3.33. The molecule has 1 aliphatic carbocycles. The summed E-state index contributed by atoms with van der Waals surface area (Å²) in [7, 11) is 0. The van der Waals surface area contributed by atoms with Crippen LogP contribution in [0.2, 0.25) is 0 Å². The minimum absolute atomic E-state index is 0.00554. The molecule has 1 fully saturated rings. The Labute approximate surface area is 194 Å². The number of nitrogens with zero attached hydrogens (tertiary/aromatic N) is 2. The molecule has 1 aromatic carbocycles. The molecule has 1 unspecified atom stereocenters. The van der Waals surface area contributed by atoms with Crippen molar-refractivity contribution in [2.24, 2.45) is 10.8 Å². The van der Waals surface area contributed by atoms with Crippen LogP contribution in [-0.4, -0.2) is 21.9 Å². The summed E-state index contributed by atoms with van der Waals surface area (Å²) in [5, 5.41) is 11.1. The molecule has 32 heavy (non-hydrogen) atoms. The van der Waals surface area contributed by atoms with Crippen LogP contribution < -0.4 is 10.6 Å². The van der Waals surface area contributed by atoms with Gasteiger partial charge in [0.15, 0.2) is 5.82 Å². The summed E-state index contributed by atoms with van der Waals surface area (Å²) in [5.74, 6) is 0.633. The molecule has 176 valence electrons. The van der Waals surface area contributed by atoms with Crippen molar-refractivity contribution in [1.82, 2.24) is 15.1 Å². The number of amides is 2. The Morgan fingerprint density at radius 2 is 1.84 bits per heavy atom. The van der Waals surface area contributed by atoms with Gasteiger partial charge in [0.05, 0.1) is 6.54 Å². The summed E-state index contributed by atoms with van der Waals surface area (Å²) in [5.41, 5.74) is 2.53. The number of carbonyl (C=O) groups is 1. The average molecular weight is 439 g/mol. The van der Waals surface area contributed by atoms with Gasteiger partial charge in [0.25, 0.3) is 0 Å². The Kier molecular flexibility index (Phi) is 8.02. The van der Waals surface area contributed by atoms with Gasteiger partial charge in [0, 0.05) is 17.8 Å². The lowest BCUT2D eigenvalue weighted by atomic mass is 9.69. The predicted octanol–water partition coefficient (Wildman–Crippen LogP) is 6.78. The van der Waals surface area contributed by atoms with Crippen LogP contribution >= 0.6 is 0 Å². The van der Waals surface area contributed by atoms with Crippen molar-refractivity contribution in [3.05, 3.63) is 47.7 Å². The number of hydrogen-bond donors (Lipinski definition) is 2. The molecule has 1 heterocycles. The fraction of sp³-hybridized carbons (Fsp3) is 0.630. The van der Waals surface area contributed by atoms with E-state index in [1.165, 1.54) is 49.8 Å². The number of benzene rings is 1. The molecular weight excluding hydrogens is 396 g/mol. The number of aryl methyl sites for hydroxylation is 1. The number of aromatic nitrogens is 2. The Balaban J connectivity index is 1.73. The van der Waals surface area contributed by atoms with Crippen molar-refractivity contribution in [2.45, 2.75) is 98.6 Å². The Hall–Kier alpha value is -2.30. The topological polar surface area (TPSA) is 59.0 Å². The van der Waals surface area contributed by atoms with Crippen molar-refractivity contribution in [2.75, 3.05) is 5.32 Å². The van der Waals surface area contributed by atoms with Crippen LogP contribution in [0, 0.1) is 10.8 Å². The zero-order chi connectivity index (χ0) is 23.2. The lowest BCUT2D eigenvalue weighted by Gasteiger charge is -2.43. The first-order valence-electron chi connectivity index (χ1n) is 12.4. The molecule has 0 aliphatic heterocycles. The molecule has 0 spiro atoms. The van der Waals surface area contributed by atoms with Crippen LogP contribution in [0.3, 0.4) is 0 Å². The van der Waals surface area contributed by atoms with E-state index in [0.29, 0.717) is 12.4 Å². The van der Waals surface area contributed by atoms with Crippen molar-refractivity contribution in [3.63, 3.8) is 0 Å². The molecule has 2 amide bonds. The largest absolute Gasteiger partial charge is 0.334 e. The van der Waals surface area contributed by atoms with Crippen molar-refractivity contribution in [1.29, 1.82) is 0 Å². The highest BCUT2D eigenvalue weighted by molar-refractivity contribution is 5.88. The van der Waals surface area contributed by atoms with E-state index in [2.05, 4.69) is 69.5 Å². The molecule has 0 saturated heterocycles. The zero-order valence-corrected chi connectivity index (χ0v) is 20.7. The SMILES string of the molecule is CCCCCc1cc(NC(=O)NC(C(C)(C)C)C2(C)CCCC2)nn1Cc1ccccc1. The summed E-state index contributed by atoms with van der Waals surface area (Å²) in [6, 6.07) is 12.4. The second-order valence-electron chi connectivity index (χ2n) is 10.9. The first-order valence-corrected chi connectivity index (χ1v) is 12.4. The van der Waals surface area contributed by atoms with Gasteiger partial charge >= 0.3 is 6.03 Å². The van der Waals surface area contributed by atoms with Gasteiger partial charge < -0.3 is 5.32 Å². The first-order chi connectivity index (χ1) is 15.2. The maximum atomic E-state index is 13.0. The molecule has 2 N–H and O–H groups in total. The molecule has 0 bridgehead atoms. The van der Waals surface area contributed by atoms with Gasteiger partial charge in [-0.3, -0.25) is 10.00 Å². The summed E-state index contributed by atoms with van der Waals surface area (Å²) in [4.78, 5) is 13.0. The minimum atomic E-state index is -0.150. The second kappa shape index (κ2) is 10.5. The number of urea groups is 1. The molecular formula is C27H42N4O. The molecule has 1 atom stereocenters. The molecule has 1 aliphatic rings. The molecule has 5 nitrogen and oxygen atoms in total. The standard InChI is InChI=1S/C27H42N4O/c1-6-7-9-16-22-19-23(30-31(22)20-21-14-10-8-11-15-21)28-25(32)29-24(26(2,3)4)27(5)17-12-13-18-27/h8,10-11,14-15,19,24H,6-7,9,12-13,16-18,20H2,1-5H3,(H2,28,29,30,32). The lowest BCUT2D eigenvalue weighted by molar-refractivity contribution is 0.120. The van der Waals surface area contributed by atoms with Crippen molar-refractivity contribution >= 4 is 11.8 Å². The summed E-state index contributed by atoms with van der Waals surface area (Å²) >= 11 is 0. The summed E-state index contributed by atoms with van der Waals surface area (Å²) in [6.07, 6.45) is 9.32. The van der Waals surface area contributed by atoms with Crippen LogP contribution in [0.15, 0.2) is 36.4 Å². The Bertz CT molecular complexity index is 860. The van der Waals surface area contributed by atoms with E-state index in [0.717, 1.165) is 12.8 Å². The smallest absolute Gasteiger partial charge is 0.320 e. The highest BCUT2D eigenvalue weighted by Crippen LogP contribution is 2.46. The van der Waals surface area contributed by atoms with Crippen LogP contribution in [0.1, 0.15) is 90.8 Å². The maximum absolute atomic E-state index is 13.0. The normalized spacial score (nSPS) is 16.7. The molecule has 1 aromatic heterocycles. The van der Waals surface area contributed by atoms with E-state index >= 15 is 0 Å². The summed E-state index contributed by atoms with van der Waals surface area (Å²) < 4.78 is 2.04. The van der Waals surface area contributed by atoms with E-state index in [1.54, 1.807) is 0 Å². The first kappa shape index (κ1) is 24.3. The van der Waals surface area contributed by atoms with E-state index in [9.17, 15) is 4.79 Å². The highest BCUT2D eigenvalue weighted by atomic mass is 16.2. The van der Waals surface area contributed by atoms with Crippen molar-refractivity contribution < 1.29 is 4.79 Å². The number of nitrogens with one attached hydrogen (secondary N) is 2. The maximum Gasteiger partial charge on any atom is 0.320 e. The quantitative estimate of drug-likeness (QED) is 0.424. The van der Waals surface area contributed by atoms with Gasteiger partial charge in [-0.1, -0.05) is 90.6 Å². The number of rotatable bonds is 9. The number of hydrogen-bond acceptors (Lipinski definition) is 2. The van der Waals surface area contributed by atoms with Crippen LogP contribution in [-0.2, 0) is 13.0 Å². The fourth-order valence-electron chi connectivity index (χ4n) is 5.36. The van der Waals surface area contributed by atoms with Gasteiger partial charge in [-0.15, -0.1) is 0 Å². The second-order valence-corrected chi connectivity index (χ2v) is 10.9. The number of unbranched alkanes of at least 4 members (excludes halogenated alkanes) is 2. The van der Waals surface area contributed by atoms with Crippen LogP contribution in [0.4, 0.5) is 10.6 Å².